The van der Waals surface area contributed by atoms with Crippen LogP contribution >= 0.6 is 0 Å². The van der Waals surface area contributed by atoms with E-state index in [1.807, 2.05) is 30.3 Å². The van der Waals surface area contributed by atoms with Gasteiger partial charge in [-0.05, 0) is 30.2 Å². The Bertz CT molecular complexity index is 839. The predicted molar refractivity (Wildman–Crippen MR) is 92.3 cm³/mol. The van der Waals surface area contributed by atoms with Crippen LogP contribution in [0.1, 0.15) is 18.1 Å². The second kappa shape index (κ2) is 6.95. The van der Waals surface area contributed by atoms with E-state index in [9.17, 15) is 18.8 Å². The third-order valence-corrected chi connectivity index (χ3v) is 4.33. The summed E-state index contributed by atoms with van der Waals surface area (Å²) in [5.41, 5.74) is 0.0310. The molecule has 26 heavy (non-hydrogen) atoms. The lowest BCUT2D eigenvalue weighted by molar-refractivity contribution is -0.134. The van der Waals surface area contributed by atoms with Crippen molar-refractivity contribution in [3.8, 4) is 0 Å². The Kier molecular flexibility index (Phi) is 4.71. The molecule has 0 saturated carbocycles. The molecule has 1 heterocycles. The average molecular weight is 355 g/mol. The number of rotatable bonds is 5. The second-order valence-electron chi connectivity index (χ2n) is 6.22. The van der Waals surface area contributed by atoms with Crippen molar-refractivity contribution in [2.75, 3.05) is 6.54 Å². The fraction of sp³-hybridized carbons (Fsp3) is 0.211. The van der Waals surface area contributed by atoms with Crippen molar-refractivity contribution in [1.29, 1.82) is 0 Å². The van der Waals surface area contributed by atoms with E-state index >= 15 is 0 Å². The lowest BCUT2D eigenvalue weighted by atomic mass is 9.92. The van der Waals surface area contributed by atoms with Crippen LogP contribution in [-0.4, -0.2) is 29.3 Å². The number of benzene rings is 2. The molecule has 1 saturated heterocycles. The summed E-state index contributed by atoms with van der Waals surface area (Å²) in [6.45, 7) is 1.45. The maximum atomic E-state index is 13.1. The maximum absolute atomic E-state index is 13.1. The van der Waals surface area contributed by atoms with Crippen LogP contribution in [0.4, 0.5) is 9.18 Å². The zero-order valence-electron chi connectivity index (χ0n) is 14.2. The van der Waals surface area contributed by atoms with Crippen molar-refractivity contribution in [3.05, 3.63) is 71.5 Å². The van der Waals surface area contributed by atoms with Crippen LogP contribution in [0.25, 0.3) is 0 Å². The van der Waals surface area contributed by atoms with Crippen LogP contribution in [0.15, 0.2) is 54.6 Å². The topological polar surface area (TPSA) is 78.5 Å². The first-order valence-corrected chi connectivity index (χ1v) is 8.11. The SMILES string of the molecule is C[C@@]1(c2ccc(F)cc2)NC(=O)N(CC(=O)NCc2ccccc2)C1=O. The van der Waals surface area contributed by atoms with Crippen molar-refractivity contribution < 1.29 is 18.8 Å². The Labute approximate surface area is 150 Å². The van der Waals surface area contributed by atoms with Gasteiger partial charge in [0, 0.05) is 6.54 Å². The van der Waals surface area contributed by atoms with Crippen molar-refractivity contribution in [2.45, 2.75) is 19.0 Å². The molecular formula is C19H18FN3O3. The number of hydrogen-bond donors (Lipinski definition) is 2. The lowest BCUT2D eigenvalue weighted by Crippen LogP contribution is -2.43. The lowest BCUT2D eigenvalue weighted by Gasteiger charge is -2.22. The van der Waals surface area contributed by atoms with Crippen molar-refractivity contribution in [2.24, 2.45) is 0 Å². The highest BCUT2D eigenvalue weighted by Gasteiger charge is 2.49. The Morgan fingerprint density at radius 2 is 1.77 bits per heavy atom. The van der Waals surface area contributed by atoms with E-state index in [0.717, 1.165) is 10.5 Å². The van der Waals surface area contributed by atoms with Gasteiger partial charge in [0.2, 0.25) is 5.91 Å². The number of carbonyl (C=O) groups excluding carboxylic acids is 3. The summed E-state index contributed by atoms with van der Waals surface area (Å²) in [7, 11) is 0. The van der Waals surface area contributed by atoms with Gasteiger partial charge in [-0.25, -0.2) is 9.18 Å². The molecule has 0 aromatic heterocycles. The van der Waals surface area contributed by atoms with Gasteiger partial charge in [0.05, 0.1) is 0 Å². The molecule has 2 aromatic carbocycles. The molecule has 1 aliphatic rings. The Balaban J connectivity index is 1.67. The number of hydrogen-bond acceptors (Lipinski definition) is 3. The smallest absolute Gasteiger partial charge is 0.325 e. The number of carbonyl (C=O) groups is 3. The van der Waals surface area contributed by atoms with Crippen LogP contribution < -0.4 is 10.6 Å². The van der Waals surface area contributed by atoms with Gasteiger partial charge < -0.3 is 10.6 Å². The number of urea groups is 1. The molecule has 0 radical (unpaired) electrons. The molecule has 0 spiro atoms. The van der Waals surface area contributed by atoms with Crippen LogP contribution in [0, 0.1) is 5.82 Å². The van der Waals surface area contributed by atoms with Gasteiger partial charge in [0.25, 0.3) is 5.91 Å². The van der Waals surface area contributed by atoms with Gasteiger partial charge in [0.1, 0.15) is 17.9 Å². The highest BCUT2D eigenvalue weighted by molar-refractivity contribution is 6.09. The molecule has 134 valence electrons. The first kappa shape index (κ1) is 17.6. The molecule has 0 aliphatic carbocycles. The maximum Gasteiger partial charge on any atom is 0.325 e. The number of amides is 4. The molecule has 1 fully saturated rings. The first-order valence-electron chi connectivity index (χ1n) is 8.11. The Morgan fingerprint density at radius 1 is 1.12 bits per heavy atom. The normalized spacial score (nSPS) is 19.4. The minimum atomic E-state index is -1.33. The zero-order chi connectivity index (χ0) is 18.7. The van der Waals surface area contributed by atoms with E-state index in [4.69, 9.17) is 0 Å². The summed E-state index contributed by atoms with van der Waals surface area (Å²) >= 11 is 0. The van der Waals surface area contributed by atoms with Crippen LogP contribution in [-0.2, 0) is 21.7 Å². The predicted octanol–water partition coefficient (Wildman–Crippen LogP) is 1.91. The highest BCUT2D eigenvalue weighted by atomic mass is 19.1. The summed E-state index contributed by atoms with van der Waals surface area (Å²) in [5.74, 6) is -1.43. The molecule has 2 N–H and O–H groups in total. The van der Waals surface area contributed by atoms with Gasteiger partial charge in [-0.15, -0.1) is 0 Å². The molecule has 2 aromatic rings. The van der Waals surface area contributed by atoms with E-state index < -0.39 is 29.2 Å². The number of nitrogens with zero attached hydrogens (tertiary/aromatic N) is 1. The van der Waals surface area contributed by atoms with Gasteiger partial charge in [-0.3, -0.25) is 14.5 Å². The summed E-state index contributed by atoms with van der Waals surface area (Å²) in [6, 6.07) is 14.0. The van der Waals surface area contributed by atoms with Crippen LogP contribution in [0.3, 0.4) is 0 Å². The second-order valence-corrected chi connectivity index (χ2v) is 6.22. The van der Waals surface area contributed by atoms with E-state index in [2.05, 4.69) is 10.6 Å². The summed E-state index contributed by atoms with van der Waals surface area (Å²) in [4.78, 5) is 37.9. The number of halogens is 1. The molecule has 6 nitrogen and oxygen atoms in total. The minimum absolute atomic E-state index is 0.304. The molecular weight excluding hydrogens is 337 g/mol. The first-order chi connectivity index (χ1) is 12.4. The highest BCUT2D eigenvalue weighted by Crippen LogP contribution is 2.28. The Hall–Kier alpha value is -3.22. The van der Waals surface area contributed by atoms with Gasteiger partial charge >= 0.3 is 6.03 Å². The molecule has 7 heteroatoms. The summed E-state index contributed by atoms with van der Waals surface area (Å²) < 4.78 is 13.1. The van der Waals surface area contributed by atoms with Crippen molar-refractivity contribution >= 4 is 17.8 Å². The van der Waals surface area contributed by atoms with E-state index in [-0.39, 0.29) is 6.54 Å². The van der Waals surface area contributed by atoms with Gasteiger partial charge in [-0.2, -0.15) is 0 Å². The third-order valence-electron chi connectivity index (χ3n) is 4.33. The monoisotopic (exact) mass is 355 g/mol. The largest absolute Gasteiger partial charge is 0.350 e. The molecule has 1 aliphatic heterocycles. The van der Waals surface area contributed by atoms with E-state index in [1.165, 1.54) is 31.2 Å². The number of imide groups is 1. The molecule has 1 atom stereocenters. The average Bonchev–Trinajstić information content (AvgIpc) is 2.85. The third kappa shape index (κ3) is 3.42. The zero-order valence-corrected chi connectivity index (χ0v) is 14.2. The molecule has 0 unspecified atom stereocenters. The number of nitrogens with one attached hydrogen (secondary N) is 2. The minimum Gasteiger partial charge on any atom is -0.350 e. The molecule has 3 rings (SSSR count). The fourth-order valence-corrected chi connectivity index (χ4v) is 2.82. The quantitative estimate of drug-likeness (QED) is 0.804. The van der Waals surface area contributed by atoms with E-state index in [1.54, 1.807) is 0 Å². The van der Waals surface area contributed by atoms with Crippen LogP contribution in [0.5, 0.6) is 0 Å². The van der Waals surface area contributed by atoms with Gasteiger partial charge in [-0.1, -0.05) is 42.5 Å². The molecule has 4 amide bonds. The summed E-state index contributed by atoms with van der Waals surface area (Å²) in [6.07, 6.45) is 0. The van der Waals surface area contributed by atoms with Gasteiger partial charge in [0.15, 0.2) is 0 Å². The molecule has 0 bridgehead atoms. The van der Waals surface area contributed by atoms with Crippen LogP contribution in [0.2, 0.25) is 0 Å². The van der Waals surface area contributed by atoms with E-state index in [0.29, 0.717) is 12.1 Å². The summed E-state index contributed by atoms with van der Waals surface area (Å²) in [5, 5.41) is 5.26. The van der Waals surface area contributed by atoms with Crippen molar-refractivity contribution in [3.63, 3.8) is 0 Å². The Morgan fingerprint density at radius 3 is 2.42 bits per heavy atom. The standard InChI is InChI=1S/C19H18FN3O3/c1-19(14-7-9-15(20)10-8-14)17(25)23(18(26)22-19)12-16(24)21-11-13-5-3-2-4-6-13/h2-10H,11-12H2,1H3,(H,21,24)(H,22,26)/t19-/m0/s1. The van der Waals surface area contributed by atoms with Crippen molar-refractivity contribution in [1.82, 2.24) is 15.5 Å². The fourth-order valence-electron chi connectivity index (χ4n) is 2.82.